The van der Waals surface area contributed by atoms with E-state index in [0.29, 0.717) is 0 Å². The van der Waals surface area contributed by atoms with Crippen molar-refractivity contribution < 1.29 is 22.3 Å². The lowest BCUT2D eigenvalue weighted by Gasteiger charge is -2.21. The Balaban J connectivity index is 3.26. The largest absolute Gasteiger partial charge is 0.468 e. The lowest BCUT2D eigenvalue weighted by atomic mass is 10.1. The van der Waals surface area contributed by atoms with Crippen LogP contribution in [-0.4, -0.2) is 27.5 Å². The van der Waals surface area contributed by atoms with Gasteiger partial charge in [0, 0.05) is 0 Å². The van der Waals surface area contributed by atoms with Gasteiger partial charge >= 0.3 is 5.97 Å². The topological polar surface area (TPSA) is 72.5 Å². The molecular weight excluding hydrogens is 297 g/mol. The Kier molecular flexibility index (Phi) is 5.47. The van der Waals surface area contributed by atoms with Gasteiger partial charge in [-0.3, -0.25) is 4.79 Å². The molecular formula is C14H20FNO4S. The minimum absolute atomic E-state index is 0.0153. The molecule has 0 aromatic heterocycles. The summed E-state index contributed by atoms with van der Waals surface area (Å²) < 4.78 is 45.2. The fourth-order valence-corrected chi connectivity index (χ4v) is 3.92. The van der Waals surface area contributed by atoms with E-state index in [0.717, 1.165) is 12.1 Å². The number of ether oxygens (including phenoxy) is 1. The van der Waals surface area contributed by atoms with Gasteiger partial charge in [-0.2, -0.15) is 4.72 Å². The van der Waals surface area contributed by atoms with Gasteiger partial charge in [0.25, 0.3) is 0 Å². The van der Waals surface area contributed by atoms with E-state index in [-0.39, 0.29) is 21.9 Å². The first-order valence-corrected chi connectivity index (χ1v) is 7.95. The number of aryl methyl sites for hydroxylation is 2. The number of nitrogens with one attached hydrogen (secondary N) is 1. The van der Waals surface area contributed by atoms with E-state index in [9.17, 15) is 17.6 Å². The number of halogens is 1. The van der Waals surface area contributed by atoms with Crippen LogP contribution < -0.4 is 4.72 Å². The third kappa shape index (κ3) is 4.01. The molecule has 1 atom stereocenters. The van der Waals surface area contributed by atoms with Crippen molar-refractivity contribution in [1.29, 1.82) is 0 Å². The molecule has 1 aromatic carbocycles. The minimum atomic E-state index is -3.96. The van der Waals surface area contributed by atoms with Crippen LogP contribution in [0.3, 0.4) is 0 Å². The van der Waals surface area contributed by atoms with Crippen molar-refractivity contribution in [1.82, 2.24) is 4.72 Å². The smallest absolute Gasteiger partial charge is 0.324 e. The number of methoxy groups -OCH3 is 1. The van der Waals surface area contributed by atoms with Crippen molar-refractivity contribution >= 4 is 16.0 Å². The van der Waals surface area contributed by atoms with Crippen LogP contribution in [0.4, 0.5) is 4.39 Å². The van der Waals surface area contributed by atoms with E-state index >= 15 is 0 Å². The van der Waals surface area contributed by atoms with Crippen molar-refractivity contribution in [3.8, 4) is 0 Å². The molecule has 118 valence electrons. The molecule has 5 nitrogen and oxygen atoms in total. The quantitative estimate of drug-likeness (QED) is 0.842. The molecule has 0 saturated carbocycles. The molecule has 0 aliphatic rings. The molecule has 0 fully saturated rings. The monoisotopic (exact) mass is 317 g/mol. The number of hydrogen-bond acceptors (Lipinski definition) is 4. The van der Waals surface area contributed by atoms with Crippen molar-refractivity contribution in [2.75, 3.05) is 7.11 Å². The van der Waals surface area contributed by atoms with E-state index in [1.807, 2.05) is 0 Å². The zero-order valence-corrected chi connectivity index (χ0v) is 13.5. The maximum atomic E-state index is 13.3. The molecule has 0 radical (unpaired) electrons. The highest BCUT2D eigenvalue weighted by Crippen LogP contribution is 2.22. The van der Waals surface area contributed by atoms with E-state index in [4.69, 9.17) is 0 Å². The van der Waals surface area contributed by atoms with Gasteiger partial charge in [-0.15, -0.1) is 0 Å². The predicted octanol–water partition coefficient (Wildman–Crippen LogP) is 1.92. The number of esters is 1. The number of sulfonamides is 1. The maximum Gasteiger partial charge on any atom is 0.324 e. The highest BCUT2D eigenvalue weighted by Gasteiger charge is 2.30. The van der Waals surface area contributed by atoms with Crippen LogP contribution in [0.25, 0.3) is 0 Å². The number of carbonyl (C=O) groups excluding carboxylic acids is 1. The van der Waals surface area contributed by atoms with Gasteiger partial charge in [0.15, 0.2) is 0 Å². The molecule has 21 heavy (non-hydrogen) atoms. The fraction of sp³-hybridized carbons (Fsp3) is 0.500. The second-order valence-corrected chi connectivity index (χ2v) is 6.89. The van der Waals surface area contributed by atoms with Crippen molar-refractivity contribution in [2.45, 2.75) is 38.6 Å². The Hall–Kier alpha value is -1.47. The molecule has 1 N–H and O–H groups in total. The van der Waals surface area contributed by atoms with Crippen LogP contribution in [0, 0.1) is 25.6 Å². The summed E-state index contributed by atoms with van der Waals surface area (Å²) in [6.07, 6.45) is 0. The molecule has 1 rings (SSSR count). The Morgan fingerprint density at radius 1 is 1.24 bits per heavy atom. The van der Waals surface area contributed by atoms with Crippen LogP contribution in [0.15, 0.2) is 17.0 Å². The molecule has 0 bridgehead atoms. The average molecular weight is 317 g/mol. The lowest BCUT2D eigenvalue weighted by molar-refractivity contribution is -0.143. The van der Waals surface area contributed by atoms with Crippen molar-refractivity contribution in [3.63, 3.8) is 0 Å². The summed E-state index contributed by atoms with van der Waals surface area (Å²) >= 11 is 0. The molecule has 1 aromatic rings. The van der Waals surface area contributed by atoms with Gasteiger partial charge in [-0.25, -0.2) is 12.8 Å². The summed E-state index contributed by atoms with van der Waals surface area (Å²) in [6.45, 7) is 6.42. The molecule has 1 unspecified atom stereocenters. The summed E-state index contributed by atoms with van der Waals surface area (Å²) in [7, 11) is -2.76. The molecule has 0 heterocycles. The minimum Gasteiger partial charge on any atom is -0.468 e. The SMILES string of the molecule is COC(=O)C(NS(=O)(=O)c1c(C)cc(F)cc1C)C(C)C. The highest BCUT2D eigenvalue weighted by atomic mass is 32.2. The second kappa shape index (κ2) is 6.53. The predicted molar refractivity (Wildman–Crippen MR) is 76.8 cm³/mol. The standard InChI is InChI=1S/C14H20FNO4S/c1-8(2)12(14(17)20-5)16-21(18,19)13-9(3)6-11(15)7-10(13)4/h6-8,12,16H,1-5H3. The zero-order valence-electron chi connectivity index (χ0n) is 12.7. The third-order valence-corrected chi connectivity index (χ3v) is 4.84. The van der Waals surface area contributed by atoms with Gasteiger partial charge in [0.1, 0.15) is 11.9 Å². The van der Waals surface area contributed by atoms with Crippen LogP contribution in [0.1, 0.15) is 25.0 Å². The first-order valence-electron chi connectivity index (χ1n) is 6.47. The normalized spacial score (nSPS) is 13.3. The Morgan fingerprint density at radius 2 is 1.71 bits per heavy atom. The molecule has 0 spiro atoms. The first-order chi connectivity index (χ1) is 9.60. The molecule has 0 saturated heterocycles. The summed E-state index contributed by atoms with van der Waals surface area (Å²) in [6, 6.07) is 1.29. The van der Waals surface area contributed by atoms with Gasteiger partial charge in [-0.05, 0) is 43.0 Å². The summed E-state index contributed by atoms with van der Waals surface area (Å²) in [5, 5.41) is 0. The highest BCUT2D eigenvalue weighted by molar-refractivity contribution is 7.89. The van der Waals surface area contributed by atoms with Crippen molar-refractivity contribution in [3.05, 3.63) is 29.1 Å². The Bertz CT molecular complexity index is 617. The first kappa shape index (κ1) is 17.6. The fourth-order valence-electron chi connectivity index (χ4n) is 2.13. The van der Waals surface area contributed by atoms with E-state index in [1.54, 1.807) is 13.8 Å². The summed E-state index contributed by atoms with van der Waals surface area (Å²) in [5.74, 6) is -1.45. The van der Waals surface area contributed by atoms with Gasteiger partial charge < -0.3 is 4.74 Å². The Morgan fingerprint density at radius 3 is 2.10 bits per heavy atom. The number of rotatable bonds is 5. The van der Waals surface area contributed by atoms with Crippen LogP contribution in [-0.2, 0) is 19.6 Å². The zero-order chi connectivity index (χ0) is 16.4. The second-order valence-electron chi connectivity index (χ2n) is 5.23. The van der Waals surface area contributed by atoms with E-state index in [1.165, 1.54) is 21.0 Å². The number of benzene rings is 1. The van der Waals surface area contributed by atoms with E-state index < -0.39 is 27.9 Å². The molecule has 7 heteroatoms. The van der Waals surface area contributed by atoms with E-state index in [2.05, 4.69) is 9.46 Å². The average Bonchev–Trinajstić information content (AvgIpc) is 2.33. The van der Waals surface area contributed by atoms with Gasteiger partial charge in [0.2, 0.25) is 10.0 Å². The molecule has 0 aliphatic carbocycles. The summed E-state index contributed by atoms with van der Waals surface area (Å²) in [4.78, 5) is 11.7. The van der Waals surface area contributed by atoms with Crippen LogP contribution >= 0.6 is 0 Å². The third-order valence-electron chi connectivity index (χ3n) is 3.10. The lowest BCUT2D eigenvalue weighted by Crippen LogP contribution is -2.45. The molecule has 0 aliphatic heterocycles. The number of hydrogen-bond donors (Lipinski definition) is 1. The summed E-state index contributed by atoms with van der Waals surface area (Å²) in [5.41, 5.74) is 0.569. The van der Waals surface area contributed by atoms with Gasteiger partial charge in [-0.1, -0.05) is 13.8 Å². The van der Waals surface area contributed by atoms with Crippen LogP contribution in [0.5, 0.6) is 0 Å². The number of carbonyl (C=O) groups is 1. The maximum absolute atomic E-state index is 13.3. The Labute approximate surface area is 124 Å². The van der Waals surface area contributed by atoms with Gasteiger partial charge in [0.05, 0.1) is 12.0 Å². The van der Waals surface area contributed by atoms with Crippen molar-refractivity contribution in [2.24, 2.45) is 5.92 Å². The van der Waals surface area contributed by atoms with Crippen LogP contribution in [0.2, 0.25) is 0 Å². The molecule has 0 amide bonds.